The van der Waals surface area contributed by atoms with E-state index in [1.807, 2.05) is 19.9 Å². The van der Waals surface area contributed by atoms with E-state index < -0.39 is 10.0 Å². The Morgan fingerprint density at radius 1 is 0.971 bits per heavy atom. The van der Waals surface area contributed by atoms with Crippen LogP contribution in [0.25, 0.3) is 0 Å². The normalized spacial score (nSPS) is 15.9. The number of para-hydroxylation sites is 1. The van der Waals surface area contributed by atoms with Crippen molar-refractivity contribution in [2.45, 2.75) is 44.6 Å². The molecule has 1 saturated heterocycles. The quantitative estimate of drug-likeness (QED) is 0.529. The summed E-state index contributed by atoms with van der Waals surface area (Å²) in [5.74, 6) is 0.0228. The lowest BCUT2D eigenvalue weighted by Gasteiger charge is -2.39. The molecule has 1 amide bonds. The van der Waals surface area contributed by atoms with Gasteiger partial charge >= 0.3 is 0 Å². The molecule has 1 atom stereocenters. The molecule has 2 aromatic carbocycles. The predicted octanol–water partition coefficient (Wildman–Crippen LogP) is 2.98. The molecule has 186 valence electrons. The summed E-state index contributed by atoms with van der Waals surface area (Å²) in [7, 11) is -3.45. The maximum absolute atomic E-state index is 12.6. The molecule has 1 unspecified atom stereocenters. The minimum absolute atomic E-state index is 0.0228. The van der Waals surface area contributed by atoms with Crippen molar-refractivity contribution in [3.8, 4) is 0 Å². The number of anilines is 1. The molecule has 1 heterocycles. The van der Waals surface area contributed by atoms with Crippen LogP contribution >= 0.6 is 0 Å². The predicted molar refractivity (Wildman–Crippen MR) is 138 cm³/mol. The van der Waals surface area contributed by atoms with Gasteiger partial charge in [-0.3, -0.25) is 9.69 Å². The van der Waals surface area contributed by atoms with E-state index in [9.17, 15) is 13.2 Å². The highest BCUT2D eigenvalue weighted by Crippen LogP contribution is 2.18. The van der Waals surface area contributed by atoms with E-state index >= 15 is 0 Å². The summed E-state index contributed by atoms with van der Waals surface area (Å²) in [5.41, 5.74) is 2.22. The Balaban J connectivity index is 1.40. The molecule has 0 bridgehead atoms. The van der Waals surface area contributed by atoms with Gasteiger partial charge in [-0.1, -0.05) is 44.2 Å². The van der Waals surface area contributed by atoms with Crippen molar-refractivity contribution in [1.29, 1.82) is 0 Å². The van der Waals surface area contributed by atoms with Crippen LogP contribution in [0.15, 0.2) is 59.5 Å². The number of rotatable bonds is 11. The van der Waals surface area contributed by atoms with Gasteiger partial charge in [0.15, 0.2) is 0 Å². The van der Waals surface area contributed by atoms with Crippen molar-refractivity contribution in [2.24, 2.45) is 0 Å². The average molecular weight is 487 g/mol. The first-order chi connectivity index (χ1) is 16.3. The minimum atomic E-state index is -3.45. The monoisotopic (exact) mass is 486 g/mol. The summed E-state index contributed by atoms with van der Waals surface area (Å²) in [6, 6.07) is 17.6. The Morgan fingerprint density at radius 2 is 1.59 bits per heavy atom. The zero-order valence-electron chi connectivity index (χ0n) is 20.6. The molecular weight excluding hydrogens is 448 g/mol. The number of hydrogen-bond acceptors (Lipinski definition) is 5. The smallest absolute Gasteiger partial charge is 0.243 e. The molecule has 1 N–H and O–H groups in total. The van der Waals surface area contributed by atoms with Crippen LogP contribution in [0.3, 0.4) is 0 Å². The van der Waals surface area contributed by atoms with Crippen molar-refractivity contribution in [2.75, 3.05) is 50.7 Å². The first-order valence-electron chi connectivity index (χ1n) is 12.2. The van der Waals surface area contributed by atoms with Gasteiger partial charge in [-0.05, 0) is 43.2 Å². The number of amides is 1. The molecule has 0 spiro atoms. The molecule has 7 nitrogen and oxygen atoms in total. The van der Waals surface area contributed by atoms with E-state index in [1.165, 1.54) is 9.99 Å². The molecule has 1 aliphatic heterocycles. The van der Waals surface area contributed by atoms with E-state index in [0.717, 1.165) is 31.7 Å². The van der Waals surface area contributed by atoms with Crippen LogP contribution in [0.4, 0.5) is 5.69 Å². The molecule has 1 fully saturated rings. The van der Waals surface area contributed by atoms with Gasteiger partial charge in [0.1, 0.15) is 0 Å². The Labute approximate surface area is 204 Å². The molecule has 0 aliphatic carbocycles. The number of aryl methyl sites for hydroxylation is 1. The Hall–Kier alpha value is -2.42. The first-order valence-corrected chi connectivity index (χ1v) is 13.7. The second-order valence-electron chi connectivity index (χ2n) is 8.74. The molecule has 34 heavy (non-hydrogen) atoms. The number of nitrogens with zero attached hydrogens (tertiary/aromatic N) is 3. The van der Waals surface area contributed by atoms with E-state index in [1.54, 1.807) is 24.3 Å². The molecule has 2 aromatic rings. The average Bonchev–Trinajstić information content (AvgIpc) is 2.87. The van der Waals surface area contributed by atoms with E-state index in [2.05, 4.69) is 46.3 Å². The second kappa shape index (κ2) is 12.3. The van der Waals surface area contributed by atoms with Crippen LogP contribution in [0.1, 0.15) is 32.8 Å². The van der Waals surface area contributed by atoms with Crippen molar-refractivity contribution in [3.05, 3.63) is 60.2 Å². The van der Waals surface area contributed by atoms with Gasteiger partial charge in [-0.25, -0.2) is 8.42 Å². The van der Waals surface area contributed by atoms with Crippen molar-refractivity contribution >= 4 is 21.6 Å². The fourth-order valence-corrected chi connectivity index (χ4v) is 5.80. The zero-order valence-corrected chi connectivity index (χ0v) is 21.4. The number of sulfonamides is 1. The summed E-state index contributed by atoms with van der Waals surface area (Å²) in [6.45, 7) is 11.3. The first kappa shape index (κ1) is 26.2. The van der Waals surface area contributed by atoms with Gasteiger partial charge in [0, 0.05) is 64.0 Å². The molecule has 0 radical (unpaired) electrons. The lowest BCUT2D eigenvalue weighted by molar-refractivity contribution is -0.121. The van der Waals surface area contributed by atoms with Crippen molar-refractivity contribution in [3.63, 3.8) is 0 Å². The van der Waals surface area contributed by atoms with Gasteiger partial charge in [0.05, 0.1) is 4.90 Å². The fraction of sp³-hybridized carbons (Fsp3) is 0.500. The minimum Gasteiger partial charge on any atom is -0.369 e. The number of benzene rings is 2. The number of carbonyl (C=O) groups is 1. The standard InChI is InChI=1S/C26H38N4O3S/c1-4-30(5-2)34(32,33)25-14-11-23(12-15-25)13-16-26(31)27-21-22(3)28-17-19-29(20-18-28)24-9-7-6-8-10-24/h6-12,14-15,22H,4-5,13,16-21H2,1-3H3,(H,27,31). The molecule has 0 aromatic heterocycles. The van der Waals surface area contributed by atoms with Gasteiger partial charge < -0.3 is 10.2 Å². The molecule has 0 saturated carbocycles. The molecule has 3 rings (SSSR count). The van der Waals surface area contributed by atoms with E-state index in [0.29, 0.717) is 37.4 Å². The van der Waals surface area contributed by atoms with Gasteiger partial charge in [-0.15, -0.1) is 0 Å². The maximum Gasteiger partial charge on any atom is 0.243 e. The Morgan fingerprint density at radius 3 is 2.18 bits per heavy atom. The molecule has 8 heteroatoms. The van der Waals surface area contributed by atoms with Crippen molar-refractivity contribution < 1.29 is 13.2 Å². The third-order valence-electron chi connectivity index (χ3n) is 6.56. The topological polar surface area (TPSA) is 73.0 Å². The third-order valence-corrected chi connectivity index (χ3v) is 8.62. The van der Waals surface area contributed by atoms with Crippen LogP contribution in [-0.4, -0.2) is 75.4 Å². The summed E-state index contributed by atoms with van der Waals surface area (Å²) < 4.78 is 26.6. The van der Waals surface area contributed by atoms with Crippen LogP contribution in [-0.2, 0) is 21.2 Å². The third kappa shape index (κ3) is 6.81. The van der Waals surface area contributed by atoms with Gasteiger partial charge in [0.2, 0.25) is 15.9 Å². The highest BCUT2D eigenvalue weighted by molar-refractivity contribution is 7.89. The van der Waals surface area contributed by atoms with E-state index in [-0.39, 0.29) is 11.9 Å². The van der Waals surface area contributed by atoms with Crippen LogP contribution in [0.5, 0.6) is 0 Å². The number of piperazine rings is 1. The molecule has 1 aliphatic rings. The van der Waals surface area contributed by atoms with Gasteiger partial charge in [-0.2, -0.15) is 4.31 Å². The van der Waals surface area contributed by atoms with Crippen LogP contribution in [0, 0.1) is 0 Å². The largest absolute Gasteiger partial charge is 0.369 e. The highest BCUT2D eigenvalue weighted by atomic mass is 32.2. The number of nitrogens with one attached hydrogen (secondary N) is 1. The summed E-state index contributed by atoms with van der Waals surface area (Å²) in [6.07, 6.45) is 0.970. The highest BCUT2D eigenvalue weighted by Gasteiger charge is 2.22. The summed E-state index contributed by atoms with van der Waals surface area (Å²) in [5, 5.41) is 3.06. The zero-order chi connectivity index (χ0) is 24.6. The van der Waals surface area contributed by atoms with Gasteiger partial charge in [0.25, 0.3) is 0 Å². The fourth-order valence-electron chi connectivity index (χ4n) is 4.34. The lowest BCUT2D eigenvalue weighted by Crippen LogP contribution is -2.52. The second-order valence-corrected chi connectivity index (χ2v) is 10.7. The Bertz CT molecular complexity index is 1000. The van der Waals surface area contributed by atoms with E-state index in [4.69, 9.17) is 0 Å². The van der Waals surface area contributed by atoms with Crippen molar-refractivity contribution in [1.82, 2.24) is 14.5 Å². The lowest BCUT2D eigenvalue weighted by atomic mass is 10.1. The maximum atomic E-state index is 12.6. The number of carbonyl (C=O) groups excluding carboxylic acids is 1. The van der Waals surface area contributed by atoms with Crippen LogP contribution < -0.4 is 10.2 Å². The summed E-state index contributed by atoms with van der Waals surface area (Å²) >= 11 is 0. The SMILES string of the molecule is CCN(CC)S(=O)(=O)c1ccc(CCC(=O)NCC(C)N2CCN(c3ccccc3)CC2)cc1. The van der Waals surface area contributed by atoms with Crippen LogP contribution in [0.2, 0.25) is 0 Å². The molecular formula is C26H38N4O3S. The summed E-state index contributed by atoms with van der Waals surface area (Å²) in [4.78, 5) is 17.5. The Kier molecular flexibility index (Phi) is 9.50. The number of hydrogen-bond donors (Lipinski definition) is 1.